The van der Waals surface area contributed by atoms with Gasteiger partial charge < -0.3 is 14.2 Å². The van der Waals surface area contributed by atoms with Crippen LogP contribution in [0.5, 0.6) is 0 Å². The van der Waals surface area contributed by atoms with Crippen LogP contribution in [0.4, 0.5) is 0 Å². The summed E-state index contributed by atoms with van der Waals surface area (Å²) in [6, 6.07) is 0. The topological polar surface area (TPSA) is 78.9 Å². The van der Waals surface area contributed by atoms with Gasteiger partial charge in [0.1, 0.15) is 13.2 Å². The fourth-order valence-electron chi connectivity index (χ4n) is 9.28. The number of carbonyl (C=O) groups excluding carboxylic acids is 3. The maximum absolute atomic E-state index is 12.9. The van der Waals surface area contributed by atoms with Crippen molar-refractivity contribution in [3.63, 3.8) is 0 Å². The van der Waals surface area contributed by atoms with Crippen molar-refractivity contribution < 1.29 is 28.6 Å². The normalized spacial score (nSPS) is 12.0. The van der Waals surface area contributed by atoms with Crippen LogP contribution in [0.1, 0.15) is 342 Å². The van der Waals surface area contributed by atoms with Gasteiger partial charge in [0, 0.05) is 19.3 Å². The first-order valence-corrected chi connectivity index (χ1v) is 29.9. The standard InChI is InChI=1S/C60H116O6/c1-5-7-9-11-13-15-17-19-21-23-25-27-29-31-33-35-39-43-47-51-58(61)64-54-57(55-65-59(62)52-48-44-41-37-38-42-46-50-56(3)4)66-60(63)53-49-45-40-36-34-32-30-28-26-24-22-20-18-16-14-12-10-8-6-2/h56-57H,5-55H2,1-4H3/t57-/m0/s1. The molecule has 0 aromatic carbocycles. The van der Waals surface area contributed by atoms with Crippen LogP contribution in [0, 0.1) is 5.92 Å². The van der Waals surface area contributed by atoms with Crippen LogP contribution in [-0.4, -0.2) is 37.2 Å². The van der Waals surface area contributed by atoms with Gasteiger partial charge >= 0.3 is 17.9 Å². The fraction of sp³-hybridized carbons (Fsp3) is 0.950. The van der Waals surface area contributed by atoms with E-state index in [-0.39, 0.29) is 31.1 Å². The summed E-state index contributed by atoms with van der Waals surface area (Å²) in [6.45, 7) is 9.01. The molecule has 0 aliphatic heterocycles. The Morgan fingerprint density at radius 2 is 0.500 bits per heavy atom. The molecule has 0 aromatic heterocycles. The second-order valence-corrected chi connectivity index (χ2v) is 21.1. The first-order chi connectivity index (χ1) is 32.4. The van der Waals surface area contributed by atoms with Crippen molar-refractivity contribution in [2.24, 2.45) is 5.92 Å². The van der Waals surface area contributed by atoms with Gasteiger partial charge in [0.25, 0.3) is 0 Å². The molecular weight excluding hydrogens is 817 g/mol. The summed E-state index contributed by atoms with van der Waals surface area (Å²) in [7, 11) is 0. The lowest BCUT2D eigenvalue weighted by molar-refractivity contribution is -0.167. The molecule has 0 unspecified atom stereocenters. The molecule has 0 saturated heterocycles. The van der Waals surface area contributed by atoms with Crippen molar-refractivity contribution in [2.45, 2.75) is 348 Å². The highest BCUT2D eigenvalue weighted by Gasteiger charge is 2.19. The Balaban J connectivity index is 4.21. The summed E-state index contributed by atoms with van der Waals surface area (Å²) in [6.07, 6.45) is 59.7. The predicted octanol–water partition coefficient (Wildman–Crippen LogP) is 19.8. The molecule has 0 amide bonds. The first-order valence-electron chi connectivity index (χ1n) is 29.9. The van der Waals surface area contributed by atoms with Crippen molar-refractivity contribution >= 4 is 17.9 Å². The van der Waals surface area contributed by atoms with Crippen molar-refractivity contribution in [3.8, 4) is 0 Å². The van der Waals surface area contributed by atoms with Gasteiger partial charge in [0.15, 0.2) is 6.10 Å². The molecule has 0 aromatic rings. The molecular formula is C60H116O6. The van der Waals surface area contributed by atoms with Crippen LogP contribution >= 0.6 is 0 Å². The van der Waals surface area contributed by atoms with E-state index >= 15 is 0 Å². The lowest BCUT2D eigenvalue weighted by Crippen LogP contribution is -2.30. The first kappa shape index (κ1) is 64.4. The summed E-state index contributed by atoms with van der Waals surface area (Å²) in [5, 5.41) is 0. The van der Waals surface area contributed by atoms with Crippen LogP contribution in [0.3, 0.4) is 0 Å². The molecule has 6 heteroatoms. The maximum Gasteiger partial charge on any atom is 0.306 e. The number of rotatable bonds is 55. The molecule has 1 atom stereocenters. The molecule has 0 radical (unpaired) electrons. The average Bonchev–Trinajstić information content (AvgIpc) is 3.30. The van der Waals surface area contributed by atoms with Gasteiger partial charge in [-0.05, 0) is 25.2 Å². The molecule has 6 nitrogen and oxygen atoms in total. The second-order valence-electron chi connectivity index (χ2n) is 21.1. The molecule has 0 bridgehead atoms. The summed E-state index contributed by atoms with van der Waals surface area (Å²) in [4.78, 5) is 38.1. The van der Waals surface area contributed by atoms with Gasteiger partial charge in [-0.1, -0.05) is 304 Å². The number of esters is 3. The molecule has 0 aliphatic rings. The third kappa shape index (κ3) is 53.4. The molecule has 0 spiro atoms. The van der Waals surface area contributed by atoms with E-state index < -0.39 is 6.10 Å². The summed E-state index contributed by atoms with van der Waals surface area (Å²) < 4.78 is 16.9. The number of hydrogen-bond acceptors (Lipinski definition) is 6. The lowest BCUT2D eigenvalue weighted by atomic mass is 10.0. The summed E-state index contributed by atoms with van der Waals surface area (Å²) in [5.41, 5.74) is 0. The van der Waals surface area contributed by atoms with Crippen LogP contribution in [-0.2, 0) is 28.6 Å². The van der Waals surface area contributed by atoms with E-state index in [1.165, 1.54) is 238 Å². The zero-order valence-corrected chi connectivity index (χ0v) is 45.2. The molecule has 392 valence electrons. The van der Waals surface area contributed by atoms with Gasteiger partial charge in [-0.2, -0.15) is 0 Å². The van der Waals surface area contributed by atoms with Crippen LogP contribution in [0.2, 0.25) is 0 Å². The van der Waals surface area contributed by atoms with Crippen molar-refractivity contribution in [3.05, 3.63) is 0 Å². The number of unbranched alkanes of at least 4 members (excludes halogenated alkanes) is 42. The van der Waals surface area contributed by atoms with Gasteiger partial charge in [-0.3, -0.25) is 14.4 Å². The molecule has 66 heavy (non-hydrogen) atoms. The highest BCUT2D eigenvalue weighted by Crippen LogP contribution is 2.18. The SMILES string of the molecule is CCCCCCCCCCCCCCCCCCCCCC(=O)OC[C@@H](COC(=O)CCCCCCCCCC(C)C)OC(=O)CCCCCCCCCCCCCCCCCCCCC. The molecule has 0 N–H and O–H groups in total. The second kappa shape index (κ2) is 54.4. The zero-order valence-electron chi connectivity index (χ0n) is 45.2. The highest BCUT2D eigenvalue weighted by atomic mass is 16.6. The van der Waals surface area contributed by atoms with Gasteiger partial charge in [0.2, 0.25) is 0 Å². The summed E-state index contributed by atoms with van der Waals surface area (Å²) in [5.74, 6) is -0.0569. The van der Waals surface area contributed by atoms with E-state index in [2.05, 4.69) is 27.7 Å². The number of carbonyl (C=O) groups is 3. The van der Waals surface area contributed by atoms with E-state index in [1.807, 2.05) is 0 Å². The largest absolute Gasteiger partial charge is 0.462 e. The monoisotopic (exact) mass is 933 g/mol. The minimum atomic E-state index is -0.762. The Labute approximate surface area is 412 Å². The zero-order chi connectivity index (χ0) is 48.1. The minimum Gasteiger partial charge on any atom is -0.462 e. The van der Waals surface area contributed by atoms with Crippen molar-refractivity contribution in [1.82, 2.24) is 0 Å². The van der Waals surface area contributed by atoms with Crippen LogP contribution in [0.15, 0.2) is 0 Å². The van der Waals surface area contributed by atoms with Gasteiger partial charge in [-0.15, -0.1) is 0 Å². The molecule has 0 fully saturated rings. The van der Waals surface area contributed by atoms with Crippen LogP contribution in [0.25, 0.3) is 0 Å². The fourth-order valence-corrected chi connectivity index (χ4v) is 9.28. The Hall–Kier alpha value is -1.59. The van der Waals surface area contributed by atoms with E-state index in [1.54, 1.807) is 0 Å². The van der Waals surface area contributed by atoms with E-state index in [9.17, 15) is 14.4 Å². The Kier molecular flexibility index (Phi) is 53.0. The average molecular weight is 934 g/mol. The van der Waals surface area contributed by atoms with Crippen molar-refractivity contribution in [1.29, 1.82) is 0 Å². The Morgan fingerprint density at radius 1 is 0.288 bits per heavy atom. The van der Waals surface area contributed by atoms with Gasteiger partial charge in [0.05, 0.1) is 0 Å². The van der Waals surface area contributed by atoms with Gasteiger partial charge in [-0.25, -0.2) is 0 Å². The van der Waals surface area contributed by atoms with E-state index in [4.69, 9.17) is 14.2 Å². The molecule has 0 rings (SSSR count). The highest BCUT2D eigenvalue weighted by molar-refractivity contribution is 5.71. The molecule has 0 heterocycles. The van der Waals surface area contributed by atoms with E-state index in [0.717, 1.165) is 63.7 Å². The van der Waals surface area contributed by atoms with Crippen LogP contribution < -0.4 is 0 Å². The molecule has 0 aliphatic carbocycles. The Bertz CT molecular complexity index is 996. The maximum atomic E-state index is 12.9. The lowest BCUT2D eigenvalue weighted by Gasteiger charge is -2.18. The number of ether oxygens (including phenoxy) is 3. The van der Waals surface area contributed by atoms with E-state index in [0.29, 0.717) is 19.3 Å². The minimum absolute atomic E-state index is 0.0625. The molecule has 0 saturated carbocycles. The third-order valence-corrected chi connectivity index (χ3v) is 13.8. The quantitative estimate of drug-likeness (QED) is 0.0343. The number of hydrogen-bond donors (Lipinski definition) is 0. The summed E-state index contributed by atoms with van der Waals surface area (Å²) >= 11 is 0. The Morgan fingerprint density at radius 3 is 0.742 bits per heavy atom. The smallest absolute Gasteiger partial charge is 0.306 e. The predicted molar refractivity (Wildman–Crippen MR) is 284 cm³/mol. The van der Waals surface area contributed by atoms with Crippen molar-refractivity contribution in [2.75, 3.05) is 13.2 Å². The third-order valence-electron chi connectivity index (χ3n) is 13.8.